The number of rotatable bonds is 3. The number of oxazole rings is 1. The maximum atomic E-state index is 12.9. The maximum Gasteiger partial charge on any atom is 0.417 e. The van der Waals surface area contributed by atoms with Crippen molar-refractivity contribution in [2.75, 3.05) is 0 Å². The predicted molar refractivity (Wildman–Crippen MR) is 61.7 cm³/mol. The molecule has 100 valence electrons. The Morgan fingerprint density at radius 2 is 2.00 bits per heavy atom. The number of benzene rings is 1. The average molecular weight is 269 g/mol. The fourth-order valence-corrected chi connectivity index (χ4v) is 1.81. The first-order valence-electron chi connectivity index (χ1n) is 5.58. The summed E-state index contributed by atoms with van der Waals surface area (Å²) in [6.07, 6.45) is -3.76. The van der Waals surface area contributed by atoms with E-state index in [9.17, 15) is 18.0 Å². The first-order chi connectivity index (χ1) is 8.97. The molecule has 1 aromatic heterocycles. The van der Waals surface area contributed by atoms with Gasteiger partial charge in [0.15, 0.2) is 0 Å². The predicted octanol–water partition coefficient (Wildman–Crippen LogP) is 3.74. The Balaban J connectivity index is 2.65. The second-order valence-corrected chi connectivity index (χ2v) is 3.84. The van der Waals surface area contributed by atoms with Gasteiger partial charge >= 0.3 is 6.18 Å². The fraction of sp³-hybridized carbons (Fsp3) is 0.231. The van der Waals surface area contributed by atoms with E-state index in [1.54, 1.807) is 6.92 Å². The van der Waals surface area contributed by atoms with Crippen LogP contribution in [0.15, 0.2) is 28.7 Å². The van der Waals surface area contributed by atoms with E-state index in [-0.39, 0.29) is 22.9 Å². The van der Waals surface area contributed by atoms with Crippen molar-refractivity contribution in [3.63, 3.8) is 0 Å². The van der Waals surface area contributed by atoms with Crippen molar-refractivity contribution in [2.24, 2.45) is 0 Å². The molecule has 0 atom stereocenters. The molecular weight excluding hydrogens is 259 g/mol. The van der Waals surface area contributed by atoms with Gasteiger partial charge in [0.25, 0.3) is 5.89 Å². The highest BCUT2D eigenvalue weighted by atomic mass is 19.4. The standard InChI is InChI=1S/C13H10F3NO2/c1-2-10-12(17-11(7-18)19-10)8-5-3-4-6-9(8)13(14,15)16/h3-7H,2H2,1H3. The van der Waals surface area contributed by atoms with E-state index in [1.807, 2.05) is 0 Å². The van der Waals surface area contributed by atoms with Gasteiger partial charge in [-0.25, -0.2) is 4.98 Å². The van der Waals surface area contributed by atoms with Crippen LogP contribution in [0.2, 0.25) is 0 Å². The fourth-order valence-electron chi connectivity index (χ4n) is 1.81. The number of aryl methyl sites for hydroxylation is 1. The Labute approximate surface area is 107 Å². The zero-order valence-corrected chi connectivity index (χ0v) is 9.99. The third-order valence-corrected chi connectivity index (χ3v) is 2.62. The summed E-state index contributed by atoms with van der Waals surface area (Å²) in [5, 5.41) is 0. The molecule has 6 heteroatoms. The summed E-state index contributed by atoms with van der Waals surface area (Å²) in [5.74, 6) is 0.0441. The van der Waals surface area contributed by atoms with E-state index in [0.29, 0.717) is 12.7 Å². The number of carbonyl (C=O) groups is 1. The number of alkyl halides is 3. The first-order valence-corrected chi connectivity index (χ1v) is 5.58. The van der Waals surface area contributed by atoms with Crippen LogP contribution in [0.1, 0.15) is 28.9 Å². The van der Waals surface area contributed by atoms with E-state index >= 15 is 0 Å². The molecule has 0 saturated carbocycles. The lowest BCUT2D eigenvalue weighted by Crippen LogP contribution is -2.07. The Kier molecular flexibility index (Phi) is 3.42. The third kappa shape index (κ3) is 2.52. The van der Waals surface area contributed by atoms with Crippen LogP contribution < -0.4 is 0 Å². The highest BCUT2D eigenvalue weighted by molar-refractivity contribution is 5.73. The van der Waals surface area contributed by atoms with Crippen molar-refractivity contribution in [2.45, 2.75) is 19.5 Å². The maximum absolute atomic E-state index is 12.9. The molecule has 0 radical (unpaired) electrons. The minimum Gasteiger partial charge on any atom is -0.438 e. The molecule has 0 bridgehead atoms. The van der Waals surface area contributed by atoms with E-state index in [4.69, 9.17) is 4.42 Å². The minimum absolute atomic E-state index is 0.0672. The zero-order valence-electron chi connectivity index (χ0n) is 9.99. The number of aromatic nitrogens is 1. The summed E-state index contributed by atoms with van der Waals surface area (Å²) in [5.41, 5.74) is -0.809. The molecule has 2 rings (SSSR count). The largest absolute Gasteiger partial charge is 0.438 e. The smallest absolute Gasteiger partial charge is 0.417 e. The van der Waals surface area contributed by atoms with Crippen LogP contribution in [0.4, 0.5) is 13.2 Å². The number of halogens is 3. The van der Waals surface area contributed by atoms with Crippen molar-refractivity contribution < 1.29 is 22.4 Å². The number of aldehydes is 1. The lowest BCUT2D eigenvalue weighted by Gasteiger charge is -2.11. The van der Waals surface area contributed by atoms with Gasteiger partial charge < -0.3 is 4.42 Å². The van der Waals surface area contributed by atoms with Gasteiger partial charge in [0.2, 0.25) is 6.29 Å². The molecule has 3 nitrogen and oxygen atoms in total. The number of hydrogen-bond acceptors (Lipinski definition) is 3. The van der Waals surface area contributed by atoms with Crippen molar-refractivity contribution in [1.29, 1.82) is 0 Å². The molecule has 0 saturated heterocycles. The quantitative estimate of drug-likeness (QED) is 0.797. The van der Waals surface area contributed by atoms with Crippen LogP contribution in [0, 0.1) is 0 Å². The third-order valence-electron chi connectivity index (χ3n) is 2.62. The van der Waals surface area contributed by atoms with Crippen LogP contribution in [-0.2, 0) is 12.6 Å². The summed E-state index contributed by atoms with van der Waals surface area (Å²) in [7, 11) is 0. The van der Waals surface area contributed by atoms with E-state index < -0.39 is 11.7 Å². The van der Waals surface area contributed by atoms with Crippen LogP contribution in [0.3, 0.4) is 0 Å². The van der Waals surface area contributed by atoms with Gasteiger partial charge in [-0.3, -0.25) is 4.79 Å². The Bertz CT molecular complexity index is 602. The molecule has 0 aliphatic carbocycles. The Hall–Kier alpha value is -2.11. The second kappa shape index (κ2) is 4.87. The van der Waals surface area contributed by atoms with E-state index in [0.717, 1.165) is 6.07 Å². The van der Waals surface area contributed by atoms with Crippen LogP contribution in [0.25, 0.3) is 11.3 Å². The molecule has 0 aliphatic heterocycles. The lowest BCUT2D eigenvalue weighted by atomic mass is 10.0. The van der Waals surface area contributed by atoms with Gasteiger partial charge in [-0.15, -0.1) is 0 Å². The van der Waals surface area contributed by atoms with Gasteiger partial charge in [0, 0.05) is 12.0 Å². The summed E-state index contributed by atoms with van der Waals surface area (Å²) in [6, 6.07) is 5.08. The number of carbonyl (C=O) groups excluding carboxylic acids is 1. The molecule has 0 N–H and O–H groups in total. The highest BCUT2D eigenvalue weighted by Crippen LogP contribution is 2.37. The van der Waals surface area contributed by atoms with Crippen molar-refractivity contribution >= 4 is 6.29 Å². The molecule has 0 unspecified atom stereocenters. The molecule has 0 fully saturated rings. The average Bonchev–Trinajstić information content (AvgIpc) is 2.81. The normalized spacial score (nSPS) is 11.6. The summed E-state index contributed by atoms with van der Waals surface area (Å²) < 4.78 is 43.9. The molecule has 1 heterocycles. The van der Waals surface area contributed by atoms with Gasteiger partial charge in [0.05, 0.1) is 5.56 Å². The van der Waals surface area contributed by atoms with E-state index in [2.05, 4.69) is 4.98 Å². The van der Waals surface area contributed by atoms with Crippen LogP contribution >= 0.6 is 0 Å². The minimum atomic E-state index is -4.48. The summed E-state index contributed by atoms with van der Waals surface area (Å²) in [4.78, 5) is 14.4. The van der Waals surface area contributed by atoms with Crippen LogP contribution in [0.5, 0.6) is 0 Å². The van der Waals surface area contributed by atoms with Gasteiger partial charge in [0.1, 0.15) is 11.5 Å². The van der Waals surface area contributed by atoms with Crippen molar-refractivity contribution in [1.82, 2.24) is 4.98 Å². The summed E-state index contributed by atoms with van der Waals surface area (Å²) >= 11 is 0. The van der Waals surface area contributed by atoms with Crippen molar-refractivity contribution in [3.8, 4) is 11.3 Å². The summed E-state index contributed by atoms with van der Waals surface area (Å²) in [6.45, 7) is 1.72. The Morgan fingerprint density at radius 1 is 1.32 bits per heavy atom. The first kappa shape index (κ1) is 13.3. The highest BCUT2D eigenvalue weighted by Gasteiger charge is 2.34. The number of hydrogen-bond donors (Lipinski definition) is 0. The molecule has 1 aromatic carbocycles. The Morgan fingerprint density at radius 3 is 2.58 bits per heavy atom. The topological polar surface area (TPSA) is 43.1 Å². The molecule has 0 amide bonds. The molecule has 19 heavy (non-hydrogen) atoms. The van der Waals surface area contributed by atoms with Gasteiger partial charge in [-0.2, -0.15) is 13.2 Å². The lowest BCUT2D eigenvalue weighted by molar-refractivity contribution is -0.137. The van der Waals surface area contributed by atoms with Gasteiger partial charge in [-0.05, 0) is 6.07 Å². The SMILES string of the molecule is CCc1oc(C=O)nc1-c1ccccc1C(F)(F)F. The second-order valence-electron chi connectivity index (χ2n) is 3.84. The molecular formula is C13H10F3NO2. The molecule has 2 aromatic rings. The van der Waals surface area contributed by atoms with Gasteiger partial charge in [-0.1, -0.05) is 25.1 Å². The molecule has 0 spiro atoms. The monoisotopic (exact) mass is 269 g/mol. The molecule has 0 aliphatic rings. The number of nitrogens with zero attached hydrogens (tertiary/aromatic N) is 1. The van der Waals surface area contributed by atoms with Crippen LogP contribution in [-0.4, -0.2) is 11.3 Å². The zero-order chi connectivity index (χ0) is 14.0. The van der Waals surface area contributed by atoms with E-state index in [1.165, 1.54) is 18.2 Å². The van der Waals surface area contributed by atoms with Crippen molar-refractivity contribution in [3.05, 3.63) is 41.5 Å².